The highest BCUT2D eigenvalue weighted by Gasteiger charge is 2.29. The van der Waals surface area contributed by atoms with Crippen LogP contribution >= 0.6 is 0 Å². The van der Waals surface area contributed by atoms with E-state index in [1.807, 2.05) is 33.2 Å². The molecule has 0 amide bonds. The van der Waals surface area contributed by atoms with Crippen molar-refractivity contribution in [2.24, 2.45) is 12.8 Å². The SMILES string of the molecule is CCC(N)(CC)c1noc(-c2ccn(C)n2)n1. The first-order valence-electron chi connectivity index (χ1n) is 5.72. The van der Waals surface area contributed by atoms with Gasteiger partial charge in [-0.3, -0.25) is 4.68 Å². The van der Waals surface area contributed by atoms with Gasteiger partial charge in [0.15, 0.2) is 11.5 Å². The van der Waals surface area contributed by atoms with E-state index < -0.39 is 5.54 Å². The Bertz CT molecular complexity index is 497. The van der Waals surface area contributed by atoms with Crippen LogP contribution < -0.4 is 5.73 Å². The zero-order chi connectivity index (χ0) is 12.5. The number of rotatable bonds is 4. The molecule has 0 fully saturated rings. The van der Waals surface area contributed by atoms with Gasteiger partial charge in [0.2, 0.25) is 0 Å². The first kappa shape index (κ1) is 11.8. The van der Waals surface area contributed by atoms with Crippen LogP contribution in [0.3, 0.4) is 0 Å². The molecule has 2 N–H and O–H groups in total. The molecule has 17 heavy (non-hydrogen) atoms. The van der Waals surface area contributed by atoms with Gasteiger partial charge in [-0.2, -0.15) is 10.1 Å². The van der Waals surface area contributed by atoms with E-state index in [1.165, 1.54) is 0 Å². The molecule has 0 saturated heterocycles. The Labute approximate surface area is 99.8 Å². The van der Waals surface area contributed by atoms with E-state index >= 15 is 0 Å². The predicted octanol–water partition coefficient (Wildman–Crippen LogP) is 1.44. The highest BCUT2D eigenvalue weighted by molar-refractivity contribution is 5.45. The van der Waals surface area contributed by atoms with Crippen LogP contribution in [-0.4, -0.2) is 19.9 Å². The Kier molecular flexibility index (Phi) is 2.97. The molecular formula is C11H17N5O. The third kappa shape index (κ3) is 2.08. The Morgan fingerprint density at radius 2 is 2.12 bits per heavy atom. The van der Waals surface area contributed by atoms with E-state index in [4.69, 9.17) is 10.3 Å². The summed E-state index contributed by atoms with van der Waals surface area (Å²) in [7, 11) is 1.84. The van der Waals surface area contributed by atoms with Gasteiger partial charge in [-0.1, -0.05) is 19.0 Å². The van der Waals surface area contributed by atoms with Crippen molar-refractivity contribution in [2.75, 3.05) is 0 Å². The number of hydrogen-bond donors (Lipinski definition) is 1. The molecular weight excluding hydrogens is 218 g/mol. The highest BCUT2D eigenvalue weighted by atomic mass is 16.5. The van der Waals surface area contributed by atoms with Gasteiger partial charge in [-0.25, -0.2) is 0 Å². The third-order valence-corrected chi connectivity index (χ3v) is 3.07. The molecule has 2 rings (SSSR count). The molecule has 0 radical (unpaired) electrons. The summed E-state index contributed by atoms with van der Waals surface area (Å²) < 4.78 is 6.89. The van der Waals surface area contributed by atoms with E-state index in [2.05, 4.69) is 15.2 Å². The molecule has 0 spiro atoms. The minimum absolute atomic E-state index is 0.414. The molecule has 0 bridgehead atoms. The van der Waals surface area contributed by atoms with E-state index in [9.17, 15) is 0 Å². The predicted molar refractivity (Wildman–Crippen MR) is 62.9 cm³/mol. The topological polar surface area (TPSA) is 82.8 Å². The van der Waals surface area contributed by atoms with Gasteiger partial charge in [0, 0.05) is 13.2 Å². The summed E-state index contributed by atoms with van der Waals surface area (Å²) in [6.45, 7) is 4.03. The van der Waals surface area contributed by atoms with Crippen LogP contribution in [-0.2, 0) is 12.6 Å². The van der Waals surface area contributed by atoms with E-state index in [-0.39, 0.29) is 0 Å². The number of nitrogens with two attached hydrogens (primary N) is 1. The van der Waals surface area contributed by atoms with Crippen molar-refractivity contribution < 1.29 is 4.52 Å². The van der Waals surface area contributed by atoms with Gasteiger partial charge >= 0.3 is 0 Å². The maximum absolute atomic E-state index is 6.20. The molecule has 0 saturated carbocycles. The number of aryl methyl sites for hydroxylation is 1. The average molecular weight is 235 g/mol. The summed E-state index contributed by atoms with van der Waals surface area (Å²) in [5.41, 5.74) is 6.35. The summed E-state index contributed by atoms with van der Waals surface area (Å²) in [6, 6.07) is 1.83. The van der Waals surface area contributed by atoms with Crippen LogP contribution in [0.15, 0.2) is 16.8 Å². The number of nitrogens with zero attached hydrogens (tertiary/aromatic N) is 4. The molecule has 0 aromatic carbocycles. The Hall–Kier alpha value is -1.69. The molecule has 0 aliphatic heterocycles. The molecule has 2 aromatic heterocycles. The first-order chi connectivity index (χ1) is 8.09. The maximum Gasteiger partial charge on any atom is 0.278 e. The Morgan fingerprint density at radius 1 is 1.41 bits per heavy atom. The summed E-state index contributed by atoms with van der Waals surface area (Å²) in [5, 5.41) is 8.16. The van der Waals surface area contributed by atoms with Crippen LogP contribution in [0, 0.1) is 0 Å². The van der Waals surface area contributed by atoms with Crippen LogP contribution in [0.1, 0.15) is 32.5 Å². The molecule has 92 valence electrons. The molecule has 2 heterocycles. The van der Waals surface area contributed by atoms with Crippen molar-refractivity contribution in [2.45, 2.75) is 32.2 Å². The fourth-order valence-corrected chi connectivity index (χ4v) is 1.63. The fourth-order valence-electron chi connectivity index (χ4n) is 1.63. The van der Waals surface area contributed by atoms with Crippen LogP contribution in [0.4, 0.5) is 0 Å². The van der Waals surface area contributed by atoms with Crippen molar-refractivity contribution in [1.82, 2.24) is 19.9 Å². The van der Waals surface area contributed by atoms with Crippen molar-refractivity contribution in [3.05, 3.63) is 18.1 Å². The van der Waals surface area contributed by atoms with Crippen molar-refractivity contribution >= 4 is 0 Å². The maximum atomic E-state index is 6.20. The van der Waals surface area contributed by atoms with Gasteiger partial charge in [-0.05, 0) is 18.9 Å². The van der Waals surface area contributed by atoms with Gasteiger partial charge in [0.05, 0.1) is 5.54 Å². The highest BCUT2D eigenvalue weighted by Crippen LogP contribution is 2.25. The van der Waals surface area contributed by atoms with Crippen molar-refractivity contribution in [1.29, 1.82) is 0 Å². The molecule has 0 unspecified atom stereocenters. The zero-order valence-electron chi connectivity index (χ0n) is 10.3. The first-order valence-corrected chi connectivity index (χ1v) is 5.72. The summed E-state index contributed by atoms with van der Waals surface area (Å²) >= 11 is 0. The van der Waals surface area contributed by atoms with Crippen LogP contribution in [0.2, 0.25) is 0 Å². The van der Waals surface area contributed by atoms with Gasteiger partial charge in [0.1, 0.15) is 0 Å². The summed E-state index contributed by atoms with van der Waals surface area (Å²) in [4.78, 5) is 4.33. The van der Waals surface area contributed by atoms with E-state index in [1.54, 1.807) is 4.68 Å². The minimum atomic E-state index is -0.517. The van der Waals surface area contributed by atoms with Crippen molar-refractivity contribution in [3.63, 3.8) is 0 Å². The second-order valence-corrected chi connectivity index (χ2v) is 4.16. The van der Waals surface area contributed by atoms with Crippen LogP contribution in [0.25, 0.3) is 11.6 Å². The normalized spacial score (nSPS) is 12.0. The third-order valence-electron chi connectivity index (χ3n) is 3.07. The minimum Gasteiger partial charge on any atom is -0.332 e. The molecule has 2 aromatic rings. The van der Waals surface area contributed by atoms with Gasteiger partial charge in [-0.15, -0.1) is 0 Å². The lowest BCUT2D eigenvalue weighted by Crippen LogP contribution is -2.36. The van der Waals surface area contributed by atoms with Crippen molar-refractivity contribution in [3.8, 4) is 11.6 Å². The fraction of sp³-hybridized carbons (Fsp3) is 0.545. The zero-order valence-corrected chi connectivity index (χ0v) is 10.3. The monoisotopic (exact) mass is 235 g/mol. The lowest BCUT2D eigenvalue weighted by molar-refractivity contribution is 0.350. The quantitative estimate of drug-likeness (QED) is 0.867. The van der Waals surface area contributed by atoms with E-state index in [0.717, 1.165) is 12.8 Å². The van der Waals surface area contributed by atoms with Crippen LogP contribution in [0.5, 0.6) is 0 Å². The summed E-state index contributed by atoms with van der Waals surface area (Å²) in [5.74, 6) is 0.959. The molecule has 0 aliphatic rings. The lowest BCUT2D eigenvalue weighted by atomic mass is 9.93. The standard InChI is InChI=1S/C11H17N5O/c1-4-11(12,5-2)10-13-9(17-15-10)8-6-7-16(3)14-8/h6-7H,4-5,12H2,1-3H3. The second kappa shape index (κ2) is 4.29. The number of hydrogen-bond acceptors (Lipinski definition) is 5. The smallest absolute Gasteiger partial charge is 0.278 e. The average Bonchev–Trinajstić information content (AvgIpc) is 2.96. The largest absolute Gasteiger partial charge is 0.332 e. The van der Waals surface area contributed by atoms with E-state index in [0.29, 0.717) is 17.4 Å². The molecule has 6 heteroatoms. The Morgan fingerprint density at radius 3 is 2.65 bits per heavy atom. The van der Waals surface area contributed by atoms with Gasteiger partial charge < -0.3 is 10.3 Å². The second-order valence-electron chi connectivity index (χ2n) is 4.16. The van der Waals surface area contributed by atoms with Gasteiger partial charge in [0.25, 0.3) is 5.89 Å². The Balaban J connectivity index is 2.33. The molecule has 0 atom stereocenters. The number of aromatic nitrogens is 4. The molecule has 6 nitrogen and oxygen atoms in total. The summed E-state index contributed by atoms with van der Waals surface area (Å²) in [6.07, 6.45) is 3.37. The lowest BCUT2D eigenvalue weighted by Gasteiger charge is -2.21. The molecule has 0 aliphatic carbocycles.